The molecule has 0 saturated carbocycles. The number of ether oxygens (including phenoxy) is 1. The highest BCUT2D eigenvalue weighted by Gasteiger charge is 2.26. The van der Waals surface area contributed by atoms with E-state index in [1.165, 1.54) is 11.3 Å². The van der Waals surface area contributed by atoms with Crippen LogP contribution in [0.15, 0.2) is 28.8 Å². The molecule has 0 radical (unpaired) electrons. The maximum Gasteiger partial charge on any atom is 0.261 e. The number of fused-ring (bicyclic) bond motifs is 1. The molecule has 0 fully saturated rings. The molecule has 1 N–H and O–H groups in total. The third kappa shape index (κ3) is 3.18. The molecule has 3 heterocycles. The number of rotatable bonds is 3. The average Bonchev–Trinajstić information content (AvgIpc) is 3.18. The van der Waals surface area contributed by atoms with Gasteiger partial charge in [-0.1, -0.05) is 16.8 Å². The summed E-state index contributed by atoms with van der Waals surface area (Å²) in [6.45, 7) is 2.92. The SMILES string of the molecule is Cc1noc(-c2c(NC(=O)c3ccc(Cl)cc3)sc3c2CCOC3)n1. The monoisotopic (exact) mass is 375 g/mol. The van der Waals surface area contributed by atoms with Gasteiger partial charge >= 0.3 is 0 Å². The Balaban J connectivity index is 1.72. The van der Waals surface area contributed by atoms with E-state index >= 15 is 0 Å². The second-order valence-electron chi connectivity index (χ2n) is 5.62. The van der Waals surface area contributed by atoms with Gasteiger partial charge in [0.25, 0.3) is 11.8 Å². The number of aromatic nitrogens is 2. The Labute approximate surface area is 152 Å². The van der Waals surface area contributed by atoms with Crippen molar-refractivity contribution in [2.24, 2.45) is 0 Å². The second kappa shape index (κ2) is 6.59. The summed E-state index contributed by atoms with van der Waals surface area (Å²) in [6, 6.07) is 6.74. The molecule has 1 aliphatic heterocycles. The van der Waals surface area contributed by atoms with Crippen LogP contribution >= 0.6 is 22.9 Å². The minimum Gasteiger partial charge on any atom is -0.376 e. The lowest BCUT2D eigenvalue weighted by atomic mass is 10.1. The number of benzene rings is 1. The van der Waals surface area contributed by atoms with E-state index in [0.29, 0.717) is 40.5 Å². The summed E-state index contributed by atoms with van der Waals surface area (Å²) in [7, 11) is 0. The topological polar surface area (TPSA) is 77.2 Å². The average molecular weight is 376 g/mol. The molecule has 0 bridgehead atoms. The fraction of sp³-hybridized carbons (Fsp3) is 0.235. The first-order valence-electron chi connectivity index (χ1n) is 7.71. The van der Waals surface area contributed by atoms with E-state index in [-0.39, 0.29) is 5.91 Å². The summed E-state index contributed by atoms with van der Waals surface area (Å²) in [5.74, 6) is 0.758. The number of hydrogen-bond acceptors (Lipinski definition) is 6. The largest absolute Gasteiger partial charge is 0.376 e. The highest BCUT2D eigenvalue weighted by atomic mass is 35.5. The lowest BCUT2D eigenvalue weighted by Gasteiger charge is -2.12. The number of nitrogens with one attached hydrogen (secondary N) is 1. The Morgan fingerprint density at radius 3 is 2.84 bits per heavy atom. The van der Waals surface area contributed by atoms with Gasteiger partial charge in [-0.15, -0.1) is 11.3 Å². The van der Waals surface area contributed by atoms with E-state index in [9.17, 15) is 4.79 Å². The molecular weight excluding hydrogens is 362 g/mol. The number of anilines is 1. The van der Waals surface area contributed by atoms with Crippen LogP contribution in [-0.4, -0.2) is 22.7 Å². The minimum absolute atomic E-state index is 0.214. The number of halogens is 1. The zero-order chi connectivity index (χ0) is 17.4. The summed E-state index contributed by atoms with van der Waals surface area (Å²) in [5, 5.41) is 8.11. The zero-order valence-electron chi connectivity index (χ0n) is 13.3. The number of nitrogens with zero attached hydrogens (tertiary/aromatic N) is 2. The second-order valence-corrected chi connectivity index (χ2v) is 7.16. The summed E-state index contributed by atoms with van der Waals surface area (Å²) < 4.78 is 10.9. The summed E-state index contributed by atoms with van der Waals surface area (Å²) >= 11 is 7.36. The van der Waals surface area contributed by atoms with Crippen molar-refractivity contribution in [3.05, 3.63) is 51.1 Å². The molecule has 6 nitrogen and oxygen atoms in total. The molecular formula is C17H14ClN3O3S. The fourth-order valence-electron chi connectivity index (χ4n) is 2.72. The first kappa shape index (κ1) is 16.3. The van der Waals surface area contributed by atoms with E-state index in [1.807, 2.05) is 0 Å². The molecule has 128 valence electrons. The van der Waals surface area contributed by atoms with Gasteiger partial charge in [0.05, 0.1) is 18.8 Å². The number of amides is 1. The normalized spacial score (nSPS) is 13.5. The van der Waals surface area contributed by atoms with E-state index in [4.69, 9.17) is 20.9 Å². The molecule has 0 unspecified atom stereocenters. The van der Waals surface area contributed by atoms with Gasteiger partial charge < -0.3 is 14.6 Å². The fourth-order valence-corrected chi connectivity index (χ4v) is 4.02. The van der Waals surface area contributed by atoms with Crippen molar-refractivity contribution in [3.8, 4) is 11.5 Å². The molecule has 1 amide bonds. The van der Waals surface area contributed by atoms with Gasteiger partial charge in [-0.3, -0.25) is 4.79 Å². The Kier molecular flexibility index (Phi) is 4.29. The highest BCUT2D eigenvalue weighted by molar-refractivity contribution is 7.17. The number of hydrogen-bond donors (Lipinski definition) is 1. The predicted octanol–water partition coefficient (Wildman–Crippen LogP) is 4.08. The quantitative estimate of drug-likeness (QED) is 0.746. The highest BCUT2D eigenvalue weighted by Crippen LogP contribution is 2.42. The molecule has 0 aliphatic carbocycles. The Morgan fingerprint density at radius 1 is 1.32 bits per heavy atom. The van der Waals surface area contributed by atoms with Gasteiger partial charge in [0.2, 0.25) is 0 Å². The van der Waals surface area contributed by atoms with Crippen LogP contribution in [0.25, 0.3) is 11.5 Å². The Morgan fingerprint density at radius 2 is 2.12 bits per heavy atom. The van der Waals surface area contributed by atoms with Gasteiger partial charge in [0, 0.05) is 15.5 Å². The van der Waals surface area contributed by atoms with Crippen LogP contribution in [0.3, 0.4) is 0 Å². The van der Waals surface area contributed by atoms with Gasteiger partial charge in [-0.05, 0) is 43.2 Å². The smallest absolute Gasteiger partial charge is 0.261 e. The van der Waals surface area contributed by atoms with E-state index in [1.54, 1.807) is 31.2 Å². The van der Waals surface area contributed by atoms with Crippen LogP contribution in [-0.2, 0) is 17.8 Å². The van der Waals surface area contributed by atoms with Gasteiger partial charge in [0.1, 0.15) is 5.00 Å². The third-order valence-corrected chi connectivity index (χ3v) is 5.27. The van der Waals surface area contributed by atoms with Crippen LogP contribution in [0.1, 0.15) is 26.6 Å². The molecule has 1 aromatic carbocycles. The van der Waals surface area contributed by atoms with Crippen molar-refractivity contribution in [2.75, 3.05) is 11.9 Å². The maximum atomic E-state index is 12.6. The van der Waals surface area contributed by atoms with Gasteiger partial charge in [-0.25, -0.2) is 0 Å². The van der Waals surface area contributed by atoms with Crippen LogP contribution in [0, 0.1) is 6.92 Å². The van der Waals surface area contributed by atoms with Crippen molar-refractivity contribution in [3.63, 3.8) is 0 Å². The molecule has 2 aromatic heterocycles. The predicted molar refractivity (Wildman–Crippen MR) is 95.1 cm³/mol. The molecule has 0 atom stereocenters. The van der Waals surface area contributed by atoms with Gasteiger partial charge in [0.15, 0.2) is 5.82 Å². The van der Waals surface area contributed by atoms with Crippen molar-refractivity contribution in [1.29, 1.82) is 0 Å². The van der Waals surface area contributed by atoms with Crippen molar-refractivity contribution < 1.29 is 14.1 Å². The van der Waals surface area contributed by atoms with Gasteiger partial charge in [-0.2, -0.15) is 4.98 Å². The standard InChI is InChI=1S/C17H14ClN3O3S/c1-9-19-16(24-21-9)14-12-6-7-23-8-13(12)25-17(14)20-15(22)10-2-4-11(18)5-3-10/h2-5H,6-8H2,1H3,(H,20,22). The number of thiophene rings is 1. The minimum atomic E-state index is -0.214. The molecule has 1 aliphatic rings. The maximum absolute atomic E-state index is 12.6. The van der Waals surface area contributed by atoms with Crippen LogP contribution in [0.2, 0.25) is 5.02 Å². The molecule has 0 spiro atoms. The summed E-state index contributed by atoms with van der Waals surface area (Å²) in [6.07, 6.45) is 0.749. The van der Waals surface area contributed by atoms with Crippen molar-refractivity contribution in [2.45, 2.75) is 20.0 Å². The van der Waals surface area contributed by atoms with E-state index in [2.05, 4.69) is 15.5 Å². The van der Waals surface area contributed by atoms with Crippen LogP contribution < -0.4 is 5.32 Å². The Hall–Kier alpha value is -2.22. The lowest BCUT2D eigenvalue weighted by Crippen LogP contribution is -2.11. The van der Waals surface area contributed by atoms with Crippen LogP contribution in [0.5, 0.6) is 0 Å². The molecule has 25 heavy (non-hydrogen) atoms. The summed E-state index contributed by atoms with van der Waals surface area (Å²) in [4.78, 5) is 18.0. The number of carbonyl (C=O) groups excluding carboxylic acids is 1. The Bertz CT molecular complexity index is 933. The molecule has 0 saturated heterocycles. The molecule has 3 aromatic rings. The number of aryl methyl sites for hydroxylation is 1. The molecule has 4 rings (SSSR count). The number of carbonyl (C=O) groups is 1. The first-order valence-corrected chi connectivity index (χ1v) is 8.91. The van der Waals surface area contributed by atoms with E-state index < -0.39 is 0 Å². The van der Waals surface area contributed by atoms with E-state index in [0.717, 1.165) is 22.4 Å². The lowest BCUT2D eigenvalue weighted by molar-refractivity contribution is 0.102. The van der Waals surface area contributed by atoms with Crippen molar-refractivity contribution >= 4 is 33.8 Å². The van der Waals surface area contributed by atoms with Crippen LogP contribution in [0.4, 0.5) is 5.00 Å². The first-order chi connectivity index (χ1) is 12.1. The zero-order valence-corrected chi connectivity index (χ0v) is 14.9. The summed E-state index contributed by atoms with van der Waals surface area (Å²) in [5.41, 5.74) is 2.43. The third-order valence-electron chi connectivity index (χ3n) is 3.90. The van der Waals surface area contributed by atoms with Crippen molar-refractivity contribution in [1.82, 2.24) is 10.1 Å². The molecule has 8 heteroatoms.